The Morgan fingerprint density at radius 2 is 1.82 bits per heavy atom. The van der Waals surface area contributed by atoms with Gasteiger partial charge in [-0.15, -0.1) is 0 Å². The number of ether oxygens (including phenoxy) is 2. The van der Waals surface area contributed by atoms with Gasteiger partial charge in [0.1, 0.15) is 23.7 Å². The first-order chi connectivity index (χ1) is 20.9. The van der Waals surface area contributed by atoms with Gasteiger partial charge in [0.05, 0.1) is 31.2 Å². The summed E-state index contributed by atoms with van der Waals surface area (Å²) in [7, 11) is 0. The largest absolute Gasteiger partial charge is 0.455 e. The number of esters is 1. The molecule has 2 saturated heterocycles. The van der Waals surface area contributed by atoms with E-state index in [1.54, 1.807) is 17.1 Å². The molecule has 4 heterocycles. The van der Waals surface area contributed by atoms with Crippen LogP contribution in [0.2, 0.25) is 0 Å². The normalized spacial score (nSPS) is 33.2. The zero-order chi connectivity index (χ0) is 31.8. The van der Waals surface area contributed by atoms with Gasteiger partial charge in [-0.05, 0) is 38.7 Å². The first-order valence-corrected chi connectivity index (χ1v) is 15.7. The first-order valence-electron chi connectivity index (χ1n) is 15.7. The second kappa shape index (κ2) is 12.5. The highest BCUT2D eigenvalue weighted by atomic mass is 16.6. The number of amides is 3. The summed E-state index contributed by atoms with van der Waals surface area (Å²) in [6.45, 7) is 9.70. The lowest BCUT2D eigenvalue weighted by atomic mass is 9.74. The quantitative estimate of drug-likeness (QED) is 0.390. The maximum Gasteiger partial charge on any atom is 0.313 e. The molecule has 1 aromatic rings. The van der Waals surface area contributed by atoms with Gasteiger partial charge in [-0.25, -0.2) is 0 Å². The van der Waals surface area contributed by atoms with Gasteiger partial charge < -0.3 is 29.7 Å². The van der Waals surface area contributed by atoms with Gasteiger partial charge in [0.2, 0.25) is 17.7 Å². The van der Waals surface area contributed by atoms with Gasteiger partial charge in [0, 0.05) is 18.5 Å². The molecule has 3 amide bonds. The van der Waals surface area contributed by atoms with E-state index in [0.717, 1.165) is 0 Å². The zero-order valence-corrected chi connectivity index (χ0v) is 26.3. The van der Waals surface area contributed by atoms with Crippen molar-refractivity contribution in [3.63, 3.8) is 0 Å². The van der Waals surface area contributed by atoms with Crippen LogP contribution in [0, 0.1) is 17.8 Å². The molecular formula is C34H45N3O7. The molecule has 4 aliphatic heterocycles. The van der Waals surface area contributed by atoms with E-state index < -0.39 is 59.1 Å². The summed E-state index contributed by atoms with van der Waals surface area (Å²) in [4.78, 5) is 59.3. The maximum atomic E-state index is 14.7. The fraction of sp³-hybridized carbons (Fsp3) is 0.588. The Labute approximate surface area is 259 Å². The van der Waals surface area contributed by atoms with Gasteiger partial charge in [-0.1, -0.05) is 74.9 Å². The van der Waals surface area contributed by atoms with Gasteiger partial charge in [0.25, 0.3) is 0 Å². The average molecular weight is 608 g/mol. The number of aliphatic hydroxyl groups is 1. The Balaban J connectivity index is 1.62. The number of benzene rings is 1. The molecule has 0 aliphatic carbocycles. The molecular weight excluding hydrogens is 562 g/mol. The highest BCUT2D eigenvalue weighted by Crippen LogP contribution is 2.56. The van der Waals surface area contributed by atoms with Crippen LogP contribution in [-0.4, -0.2) is 87.6 Å². The number of fused-ring (bicyclic) bond motifs is 2. The maximum absolute atomic E-state index is 14.7. The number of aliphatic hydroxyl groups excluding tert-OH is 1. The van der Waals surface area contributed by atoms with Crippen molar-refractivity contribution < 1.29 is 33.8 Å². The Hall–Kier alpha value is -3.50. The van der Waals surface area contributed by atoms with Gasteiger partial charge in [0.15, 0.2) is 0 Å². The molecule has 4 aliphatic rings. The molecule has 2 fully saturated rings. The van der Waals surface area contributed by atoms with E-state index >= 15 is 0 Å². The average Bonchev–Trinajstić information content (AvgIpc) is 3.64. The summed E-state index contributed by atoms with van der Waals surface area (Å²) in [5.41, 5.74) is -1.31. The Kier molecular flexibility index (Phi) is 9.05. The van der Waals surface area contributed by atoms with Crippen molar-refractivity contribution in [1.82, 2.24) is 15.1 Å². The number of hydrogen-bond acceptors (Lipinski definition) is 7. The summed E-state index contributed by atoms with van der Waals surface area (Å²) in [6.07, 6.45) is 7.11. The SMILES string of the molecule is CC[C@H](C)[C@H](CO)N1C(=O)[C@H]2[C@@H]3C(=O)O[C@H](c4ccccc4)CNC(=O)CC/C=C\CN(C(C)(C)C)C(=O)[C@H]1[C@@]21C=C[C@@H]3O1. The minimum Gasteiger partial charge on any atom is -0.455 e. The molecule has 8 atom stereocenters. The number of cyclic esters (lactones) is 1. The molecule has 10 heteroatoms. The van der Waals surface area contributed by atoms with E-state index in [1.807, 2.05) is 77.1 Å². The van der Waals surface area contributed by atoms with E-state index in [2.05, 4.69) is 5.32 Å². The molecule has 5 rings (SSSR count). The van der Waals surface area contributed by atoms with Crippen molar-refractivity contribution in [2.75, 3.05) is 19.7 Å². The van der Waals surface area contributed by atoms with Crippen LogP contribution in [-0.2, 0) is 28.7 Å². The van der Waals surface area contributed by atoms with Crippen molar-refractivity contribution in [3.05, 3.63) is 60.2 Å². The van der Waals surface area contributed by atoms with Gasteiger partial charge >= 0.3 is 5.97 Å². The minimum atomic E-state index is -1.39. The third-order valence-electron chi connectivity index (χ3n) is 9.65. The molecule has 1 spiro atoms. The van der Waals surface area contributed by atoms with E-state index in [0.29, 0.717) is 18.4 Å². The molecule has 10 nitrogen and oxygen atoms in total. The van der Waals surface area contributed by atoms with Gasteiger partial charge in [-0.2, -0.15) is 0 Å². The Bertz CT molecular complexity index is 1320. The smallest absolute Gasteiger partial charge is 0.313 e. The lowest BCUT2D eigenvalue weighted by Crippen LogP contribution is -2.62. The first kappa shape index (κ1) is 31.9. The number of hydrogen-bond donors (Lipinski definition) is 2. The van der Waals surface area contributed by atoms with Crippen LogP contribution in [0.15, 0.2) is 54.6 Å². The number of nitrogens with zero attached hydrogens (tertiary/aromatic N) is 2. The van der Waals surface area contributed by atoms with Crippen LogP contribution in [0.3, 0.4) is 0 Å². The molecule has 44 heavy (non-hydrogen) atoms. The van der Waals surface area contributed by atoms with Crippen LogP contribution in [0.5, 0.6) is 0 Å². The zero-order valence-electron chi connectivity index (χ0n) is 26.3. The minimum absolute atomic E-state index is 0.0712. The van der Waals surface area contributed by atoms with Crippen LogP contribution in [0.1, 0.15) is 65.5 Å². The van der Waals surface area contributed by atoms with Crippen LogP contribution < -0.4 is 5.32 Å². The van der Waals surface area contributed by atoms with Crippen molar-refractivity contribution in [1.29, 1.82) is 0 Å². The molecule has 2 N–H and O–H groups in total. The monoisotopic (exact) mass is 607 g/mol. The number of likely N-dealkylation sites (tertiary alicyclic amines) is 1. The summed E-state index contributed by atoms with van der Waals surface area (Å²) < 4.78 is 12.6. The summed E-state index contributed by atoms with van der Waals surface area (Å²) in [6, 6.07) is 7.43. The highest BCUT2D eigenvalue weighted by molar-refractivity contribution is 5.99. The Morgan fingerprint density at radius 3 is 2.48 bits per heavy atom. The molecule has 238 valence electrons. The summed E-state index contributed by atoms with van der Waals surface area (Å²) in [5, 5.41) is 13.5. The van der Waals surface area contributed by atoms with Crippen LogP contribution in [0.25, 0.3) is 0 Å². The van der Waals surface area contributed by atoms with Crippen molar-refractivity contribution in [3.8, 4) is 0 Å². The third-order valence-corrected chi connectivity index (χ3v) is 9.65. The summed E-state index contributed by atoms with van der Waals surface area (Å²) >= 11 is 0. The van der Waals surface area contributed by atoms with Crippen molar-refractivity contribution in [2.24, 2.45) is 17.8 Å². The van der Waals surface area contributed by atoms with E-state index in [-0.39, 0.29) is 43.8 Å². The number of allylic oxidation sites excluding steroid dienone is 1. The van der Waals surface area contributed by atoms with E-state index in [1.165, 1.54) is 4.90 Å². The summed E-state index contributed by atoms with van der Waals surface area (Å²) in [5.74, 6) is -3.64. The van der Waals surface area contributed by atoms with Crippen molar-refractivity contribution in [2.45, 2.75) is 89.3 Å². The molecule has 0 unspecified atom stereocenters. The van der Waals surface area contributed by atoms with Gasteiger partial charge in [-0.3, -0.25) is 19.2 Å². The lowest BCUT2D eigenvalue weighted by Gasteiger charge is -2.44. The predicted octanol–water partition coefficient (Wildman–Crippen LogP) is 2.92. The second-order valence-corrected chi connectivity index (χ2v) is 13.4. The number of rotatable bonds is 5. The molecule has 0 saturated carbocycles. The number of carbonyl (C=O) groups excluding carboxylic acids is 4. The van der Waals surface area contributed by atoms with Crippen LogP contribution >= 0.6 is 0 Å². The number of carbonyl (C=O) groups is 4. The van der Waals surface area contributed by atoms with Crippen molar-refractivity contribution >= 4 is 23.7 Å². The molecule has 5 bridgehead atoms. The fourth-order valence-electron chi connectivity index (χ4n) is 7.09. The highest BCUT2D eigenvalue weighted by Gasteiger charge is 2.74. The standard InChI is InChI=1S/C34H45N3O7/c1-6-21(2)23(20-38)37-29-31(41)36(33(3,4)5)18-12-8-11-15-26(39)35-19-25(22-13-9-7-10-14-22)43-32(42)27-24-16-17-34(29,44-24)28(27)30(37)40/h7-10,12-14,16-17,21,23-25,27-29,38H,6,11,15,18-20H2,1-5H3,(H,35,39)/b12-8-/t21-,23-,24-,25-,27+,28+,29-,34+/m0/s1. The number of nitrogens with one attached hydrogen (secondary N) is 1. The third kappa shape index (κ3) is 5.58. The van der Waals surface area contributed by atoms with Crippen LogP contribution in [0.4, 0.5) is 0 Å². The molecule has 1 aromatic carbocycles. The Morgan fingerprint density at radius 1 is 1.09 bits per heavy atom. The predicted molar refractivity (Wildman–Crippen MR) is 163 cm³/mol. The van der Waals surface area contributed by atoms with E-state index in [4.69, 9.17) is 9.47 Å². The van der Waals surface area contributed by atoms with E-state index in [9.17, 15) is 24.3 Å². The second-order valence-electron chi connectivity index (χ2n) is 13.4. The molecule has 0 radical (unpaired) electrons. The lowest BCUT2D eigenvalue weighted by molar-refractivity contribution is -0.161. The topological polar surface area (TPSA) is 125 Å². The molecule has 0 aromatic heterocycles. The fourth-order valence-corrected chi connectivity index (χ4v) is 7.09.